The fraction of sp³-hybridized carbons (Fsp3) is 0.222. The largest absolute Gasteiger partial charge is 0.417 e. The summed E-state index contributed by atoms with van der Waals surface area (Å²) in [5, 5.41) is 8.50. The highest BCUT2D eigenvalue weighted by atomic mass is 79.9. The molecule has 0 heterocycles. The molecule has 86 valence electrons. The Morgan fingerprint density at radius 2 is 1.81 bits per heavy atom. The van der Waals surface area contributed by atoms with Gasteiger partial charge in [-0.1, -0.05) is 15.9 Å². The number of nitrogens with zero attached hydrogens (tertiary/aromatic N) is 1. The lowest BCUT2D eigenvalue weighted by Gasteiger charge is -2.12. The summed E-state index contributed by atoms with van der Waals surface area (Å²) < 4.78 is 61.4. The van der Waals surface area contributed by atoms with Crippen molar-refractivity contribution < 1.29 is 22.0 Å². The first-order valence-electron chi connectivity index (χ1n) is 3.86. The highest BCUT2D eigenvalue weighted by Crippen LogP contribution is 2.38. The van der Waals surface area contributed by atoms with Crippen molar-refractivity contribution in [1.29, 1.82) is 5.26 Å². The third-order valence-electron chi connectivity index (χ3n) is 1.80. The van der Waals surface area contributed by atoms with Crippen LogP contribution in [0.3, 0.4) is 0 Å². The second-order valence-electron chi connectivity index (χ2n) is 2.83. The van der Waals surface area contributed by atoms with Crippen LogP contribution in [0.5, 0.6) is 0 Å². The van der Waals surface area contributed by atoms with Gasteiger partial charge in [-0.2, -0.15) is 18.4 Å². The summed E-state index contributed by atoms with van der Waals surface area (Å²) >= 11 is 2.59. The summed E-state index contributed by atoms with van der Waals surface area (Å²) in [5.41, 5.74) is -2.62. The smallest absolute Gasteiger partial charge is 0.205 e. The normalized spacial score (nSPS) is 11.6. The molecule has 1 nitrogen and oxygen atoms in total. The standard InChI is InChI=1S/C9H3BrF5N/c10-7-1-4(3-16)5(8(11)12)2-6(7)9(13,14)15/h1-2,8H. The summed E-state index contributed by atoms with van der Waals surface area (Å²) in [7, 11) is 0. The van der Waals surface area contributed by atoms with Crippen molar-refractivity contribution in [3.8, 4) is 6.07 Å². The van der Waals surface area contributed by atoms with Crippen molar-refractivity contribution in [3.05, 3.63) is 33.3 Å². The molecule has 0 aromatic heterocycles. The van der Waals surface area contributed by atoms with Crippen LogP contribution < -0.4 is 0 Å². The molecule has 16 heavy (non-hydrogen) atoms. The van der Waals surface area contributed by atoms with Gasteiger partial charge in [-0.15, -0.1) is 0 Å². The van der Waals surface area contributed by atoms with Crippen molar-refractivity contribution in [1.82, 2.24) is 0 Å². The van der Waals surface area contributed by atoms with Gasteiger partial charge in [-0.25, -0.2) is 8.78 Å². The number of halogens is 6. The molecule has 1 aromatic rings. The van der Waals surface area contributed by atoms with Gasteiger partial charge in [0.15, 0.2) is 0 Å². The third kappa shape index (κ3) is 2.50. The van der Waals surface area contributed by atoms with Crippen molar-refractivity contribution in [3.63, 3.8) is 0 Å². The third-order valence-corrected chi connectivity index (χ3v) is 2.46. The van der Waals surface area contributed by atoms with Crippen LogP contribution in [-0.4, -0.2) is 0 Å². The van der Waals surface area contributed by atoms with E-state index in [2.05, 4.69) is 15.9 Å². The molecule has 0 N–H and O–H groups in total. The number of hydrogen-bond donors (Lipinski definition) is 0. The van der Waals surface area contributed by atoms with E-state index >= 15 is 0 Å². The van der Waals surface area contributed by atoms with E-state index in [1.165, 1.54) is 6.07 Å². The Balaban J connectivity index is 3.47. The average Bonchev–Trinajstić information content (AvgIpc) is 2.14. The minimum Gasteiger partial charge on any atom is -0.205 e. The summed E-state index contributed by atoms with van der Waals surface area (Å²) in [6, 6.07) is 2.44. The van der Waals surface area contributed by atoms with Crippen LogP contribution in [0.1, 0.15) is 23.1 Å². The van der Waals surface area contributed by atoms with Crippen molar-refractivity contribution in [2.75, 3.05) is 0 Å². The molecule has 0 bridgehead atoms. The van der Waals surface area contributed by atoms with Crippen LogP contribution in [0.25, 0.3) is 0 Å². The summed E-state index contributed by atoms with van der Waals surface area (Å²) in [4.78, 5) is 0. The molecule has 0 aliphatic rings. The molecule has 0 fully saturated rings. The predicted molar refractivity (Wildman–Crippen MR) is 48.8 cm³/mol. The Morgan fingerprint density at radius 3 is 2.19 bits per heavy atom. The van der Waals surface area contributed by atoms with Crippen LogP contribution in [0.15, 0.2) is 16.6 Å². The number of nitriles is 1. The first-order chi connectivity index (χ1) is 7.27. The van der Waals surface area contributed by atoms with E-state index in [-0.39, 0.29) is 6.07 Å². The molecule has 0 aliphatic heterocycles. The number of hydrogen-bond acceptors (Lipinski definition) is 1. The minimum absolute atomic E-state index is 0.285. The molecule has 1 aromatic carbocycles. The van der Waals surface area contributed by atoms with Gasteiger partial charge in [0.05, 0.1) is 17.2 Å². The zero-order valence-electron chi connectivity index (χ0n) is 7.45. The maximum atomic E-state index is 12.4. The number of rotatable bonds is 1. The monoisotopic (exact) mass is 299 g/mol. The Labute approximate surface area is 95.6 Å². The van der Waals surface area contributed by atoms with Crippen LogP contribution in [0, 0.1) is 11.3 Å². The second kappa shape index (κ2) is 4.37. The number of benzene rings is 1. The Morgan fingerprint density at radius 1 is 1.25 bits per heavy atom. The lowest BCUT2D eigenvalue weighted by atomic mass is 10.0. The SMILES string of the molecule is N#Cc1cc(Br)c(C(F)(F)F)cc1C(F)F. The highest BCUT2D eigenvalue weighted by molar-refractivity contribution is 9.10. The summed E-state index contributed by atoms with van der Waals surface area (Å²) in [5.74, 6) is 0. The average molecular weight is 300 g/mol. The van der Waals surface area contributed by atoms with Gasteiger partial charge in [-0.05, 0) is 12.1 Å². The van der Waals surface area contributed by atoms with Crippen LogP contribution in [-0.2, 0) is 6.18 Å². The Kier molecular flexibility index (Phi) is 3.53. The van der Waals surface area contributed by atoms with E-state index in [1.807, 2.05) is 0 Å². The highest BCUT2D eigenvalue weighted by Gasteiger charge is 2.34. The summed E-state index contributed by atoms with van der Waals surface area (Å²) in [6.45, 7) is 0. The van der Waals surface area contributed by atoms with Gasteiger partial charge >= 0.3 is 6.18 Å². The molecule has 0 spiro atoms. The topological polar surface area (TPSA) is 23.8 Å². The van der Waals surface area contributed by atoms with E-state index in [0.29, 0.717) is 0 Å². The van der Waals surface area contributed by atoms with Gasteiger partial charge < -0.3 is 0 Å². The van der Waals surface area contributed by atoms with Crippen LogP contribution in [0.4, 0.5) is 22.0 Å². The molecule has 0 saturated heterocycles. The molecular formula is C9H3BrF5N. The zero-order chi connectivity index (χ0) is 12.5. The predicted octanol–water partition coefficient (Wildman–Crippen LogP) is 4.28. The van der Waals surface area contributed by atoms with E-state index < -0.39 is 33.8 Å². The lowest BCUT2D eigenvalue weighted by molar-refractivity contribution is -0.138. The summed E-state index contributed by atoms with van der Waals surface area (Å²) in [6.07, 6.45) is -7.86. The second-order valence-corrected chi connectivity index (χ2v) is 3.68. The van der Waals surface area contributed by atoms with E-state index in [1.54, 1.807) is 0 Å². The van der Waals surface area contributed by atoms with E-state index in [4.69, 9.17) is 5.26 Å². The van der Waals surface area contributed by atoms with Gasteiger partial charge in [0.25, 0.3) is 6.43 Å². The van der Waals surface area contributed by atoms with E-state index in [0.717, 1.165) is 6.07 Å². The quantitative estimate of drug-likeness (QED) is 0.710. The Bertz CT molecular complexity index is 446. The molecule has 0 radical (unpaired) electrons. The van der Waals surface area contributed by atoms with Gasteiger partial charge in [-0.3, -0.25) is 0 Å². The molecule has 0 saturated carbocycles. The first-order valence-corrected chi connectivity index (χ1v) is 4.65. The molecule has 1 rings (SSSR count). The maximum absolute atomic E-state index is 12.4. The molecular weight excluding hydrogens is 297 g/mol. The molecule has 0 amide bonds. The molecule has 7 heteroatoms. The molecule has 0 unspecified atom stereocenters. The van der Waals surface area contributed by atoms with E-state index in [9.17, 15) is 22.0 Å². The van der Waals surface area contributed by atoms with Crippen molar-refractivity contribution in [2.24, 2.45) is 0 Å². The van der Waals surface area contributed by atoms with Crippen molar-refractivity contribution in [2.45, 2.75) is 12.6 Å². The van der Waals surface area contributed by atoms with Gasteiger partial charge in [0.1, 0.15) is 0 Å². The number of alkyl halides is 5. The van der Waals surface area contributed by atoms with Gasteiger partial charge in [0.2, 0.25) is 0 Å². The van der Waals surface area contributed by atoms with Crippen molar-refractivity contribution >= 4 is 15.9 Å². The fourth-order valence-electron chi connectivity index (χ4n) is 1.08. The molecule has 0 atom stereocenters. The van der Waals surface area contributed by atoms with Crippen LogP contribution >= 0.6 is 15.9 Å². The Hall–Kier alpha value is -1.16. The zero-order valence-corrected chi connectivity index (χ0v) is 9.03. The molecule has 0 aliphatic carbocycles. The minimum atomic E-state index is -4.74. The fourth-order valence-corrected chi connectivity index (χ4v) is 1.65. The van der Waals surface area contributed by atoms with Crippen LogP contribution in [0.2, 0.25) is 0 Å². The lowest BCUT2D eigenvalue weighted by Crippen LogP contribution is -2.08. The van der Waals surface area contributed by atoms with Gasteiger partial charge in [0, 0.05) is 10.0 Å². The maximum Gasteiger partial charge on any atom is 0.417 e. The first kappa shape index (κ1) is 12.9.